The minimum atomic E-state index is 0.396. The highest BCUT2D eigenvalue weighted by atomic mass is 16.5. The van der Waals surface area contributed by atoms with Gasteiger partial charge in [0.15, 0.2) is 11.5 Å². The molecule has 19 heavy (non-hydrogen) atoms. The molecule has 1 N–H and O–H groups in total. The molecule has 0 spiro atoms. The zero-order valence-electron chi connectivity index (χ0n) is 12.5. The second kappa shape index (κ2) is 6.29. The fourth-order valence-electron chi connectivity index (χ4n) is 3.04. The maximum atomic E-state index is 5.63. The standard InChI is InChI=1S/C16H25NO2/c1-5-9-17-13-8-6-7-12-11(2)10-14(18-3)16(19-4)15(12)13/h10,13,17H,5-9H2,1-4H3. The second-order valence-electron chi connectivity index (χ2n) is 5.22. The van der Waals surface area contributed by atoms with Gasteiger partial charge in [-0.3, -0.25) is 0 Å². The zero-order chi connectivity index (χ0) is 13.8. The third kappa shape index (κ3) is 2.71. The lowest BCUT2D eigenvalue weighted by atomic mass is 9.84. The summed E-state index contributed by atoms with van der Waals surface area (Å²) in [6, 6.07) is 2.49. The number of fused-ring (bicyclic) bond motifs is 1. The minimum Gasteiger partial charge on any atom is -0.493 e. The highest BCUT2D eigenvalue weighted by molar-refractivity contribution is 5.56. The lowest BCUT2D eigenvalue weighted by molar-refractivity contribution is 0.339. The van der Waals surface area contributed by atoms with Gasteiger partial charge in [0.1, 0.15) is 0 Å². The van der Waals surface area contributed by atoms with Gasteiger partial charge in [-0.25, -0.2) is 0 Å². The molecule has 0 amide bonds. The van der Waals surface area contributed by atoms with E-state index in [1.165, 1.54) is 29.5 Å². The van der Waals surface area contributed by atoms with E-state index in [0.717, 1.165) is 30.9 Å². The second-order valence-corrected chi connectivity index (χ2v) is 5.22. The van der Waals surface area contributed by atoms with Gasteiger partial charge in [-0.05, 0) is 56.3 Å². The van der Waals surface area contributed by atoms with Gasteiger partial charge < -0.3 is 14.8 Å². The largest absolute Gasteiger partial charge is 0.493 e. The zero-order valence-corrected chi connectivity index (χ0v) is 12.5. The molecule has 0 saturated heterocycles. The average Bonchev–Trinajstić information content (AvgIpc) is 2.44. The first-order valence-corrected chi connectivity index (χ1v) is 7.20. The normalized spacial score (nSPS) is 18.0. The summed E-state index contributed by atoms with van der Waals surface area (Å²) in [5.41, 5.74) is 4.08. The fourth-order valence-corrected chi connectivity index (χ4v) is 3.04. The molecule has 0 bridgehead atoms. The monoisotopic (exact) mass is 263 g/mol. The van der Waals surface area contributed by atoms with Gasteiger partial charge in [0.25, 0.3) is 0 Å². The first-order valence-electron chi connectivity index (χ1n) is 7.20. The molecule has 0 saturated carbocycles. The van der Waals surface area contributed by atoms with Crippen molar-refractivity contribution < 1.29 is 9.47 Å². The Morgan fingerprint density at radius 1 is 1.32 bits per heavy atom. The molecule has 0 radical (unpaired) electrons. The Bertz CT molecular complexity index is 443. The molecule has 3 nitrogen and oxygen atoms in total. The van der Waals surface area contributed by atoms with Crippen LogP contribution in [0.3, 0.4) is 0 Å². The fraction of sp³-hybridized carbons (Fsp3) is 0.625. The highest BCUT2D eigenvalue weighted by Crippen LogP contribution is 2.43. The summed E-state index contributed by atoms with van der Waals surface area (Å²) in [5.74, 6) is 1.76. The lowest BCUT2D eigenvalue weighted by Gasteiger charge is -2.30. The van der Waals surface area contributed by atoms with Crippen LogP contribution in [0.1, 0.15) is 48.9 Å². The van der Waals surface area contributed by atoms with Crippen molar-refractivity contribution in [2.75, 3.05) is 20.8 Å². The molecule has 106 valence electrons. The minimum absolute atomic E-state index is 0.396. The molecule has 1 aromatic rings. The first kappa shape index (κ1) is 14.2. The van der Waals surface area contributed by atoms with E-state index in [0.29, 0.717) is 6.04 Å². The summed E-state index contributed by atoms with van der Waals surface area (Å²) in [4.78, 5) is 0. The van der Waals surface area contributed by atoms with E-state index in [1.807, 2.05) is 0 Å². The van der Waals surface area contributed by atoms with E-state index in [-0.39, 0.29) is 0 Å². The SMILES string of the molecule is CCCNC1CCCc2c(C)cc(OC)c(OC)c21. The molecule has 1 aliphatic rings. The summed E-state index contributed by atoms with van der Waals surface area (Å²) in [6.07, 6.45) is 4.71. The van der Waals surface area contributed by atoms with Crippen LogP contribution in [-0.4, -0.2) is 20.8 Å². The molecule has 1 unspecified atom stereocenters. The van der Waals surface area contributed by atoms with Gasteiger partial charge in [-0.1, -0.05) is 6.92 Å². The molecule has 1 aromatic carbocycles. The van der Waals surface area contributed by atoms with Crippen LogP contribution in [0.4, 0.5) is 0 Å². The Hall–Kier alpha value is -1.22. The van der Waals surface area contributed by atoms with Crippen LogP contribution in [0, 0.1) is 6.92 Å². The van der Waals surface area contributed by atoms with Gasteiger partial charge in [0.05, 0.1) is 14.2 Å². The molecule has 1 aliphatic carbocycles. The van der Waals surface area contributed by atoms with Crippen LogP contribution in [0.25, 0.3) is 0 Å². The molecule has 0 aromatic heterocycles. The maximum absolute atomic E-state index is 5.63. The van der Waals surface area contributed by atoms with E-state index in [9.17, 15) is 0 Å². The number of nitrogens with one attached hydrogen (secondary N) is 1. The molecule has 0 heterocycles. The van der Waals surface area contributed by atoms with Crippen LogP contribution in [0.15, 0.2) is 6.07 Å². The van der Waals surface area contributed by atoms with E-state index in [1.54, 1.807) is 14.2 Å². The average molecular weight is 263 g/mol. The van der Waals surface area contributed by atoms with Crippen molar-refractivity contribution in [2.45, 2.75) is 45.6 Å². The van der Waals surface area contributed by atoms with Crippen LogP contribution in [-0.2, 0) is 6.42 Å². The molecular formula is C16H25NO2. The molecular weight excluding hydrogens is 238 g/mol. The summed E-state index contributed by atoms with van der Waals surface area (Å²) in [7, 11) is 3.44. The van der Waals surface area contributed by atoms with Gasteiger partial charge in [-0.2, -0.15) is 0 Å². The predicted octanol–water partition coefficient (Wildman–Crippen LogP) is 3.39. The lowest BCUT2D eigenvalue weighted by Crippen LogP contribution is -2.27. The van der Waals surface area contributed by atoms with Crippen LogP contribution in [0.2, 0.25) is 0 Å². The predicted molar refractivity (Wildman–Crippen MR) is 78.3 cm³/mol. The molecule has 2 rings (SSSR count). The summed E-state index contributed by atoms with van der Waals surface area (Å²) in [5, 5.41) is 3.65. The Kier molecular flexibility index (Phi) is 4.70. The number of benzene rings is 1. The number of aryl methyl sites for hydroxylation is 1. The van der Waals surface area contributed by atoms with E-state index in [4.69, 9.17) is 9.47 Å². The molecule has 0 aliphatic heterocycles. The van der Waals surface area contributed by atoms with Crippen molar-refractivity contribution in [3.05, 3.63) is 22.8 Å². The van der Waals surface area contributed by atoms with E-state index in [2.05, 4.69) is 25.2 Å². The van der Waals surface area contributed by atoms with Gasteiger partial charge in [0, 0.05) is 11.6 Å². The number of methoxy groups -OCH3 is 2. The molecule has 0 fully saturated rings. The third-order valence-electron chi connectivity index (χ3n) is 3.95. The Morgan fingerprint density at radius 3 is 2.74 bits per heavy atom. The van der Waals surface area contributed by atoms with Crippen molar-refractivity contribution in [3.8, 4) is 11.5 Å². The van der Waals surface area contributed by atoms with Gasteiger partial charge in [-0.15, -0.1) is 0 Å². The first-order chi connectivity index (χ1) is 9.22. The van der Waals surface area contributed by atoms with Gasteiger partial charge >= 0.3 is 0 Å². The number of rotatable bonds is 5. The Balaban J connectivity index is 2.48. The summed E-state index contributed by atoms with van der Waals surface area (Å²) in [6.45, 7) is 5.41. The number of hydrogen-bond donors (Lipinski definition) is 1. The Labute approximate surface area is 116 Å². The van der Waals surface area contributed by atoms with Crippen molar-refractivity contribution in [2.24, 2.45) is 0 Å². The van der Waals surface area contributed by atoms with Crippen molar-refractivity contribution in [1.82, 2.24) is 5.32 Å². The van der Waals surface area contributed by atoms with Crippen molar-refractivity contribution >= 4 is 0 Å². The number of hydrogen-bond acceptors (Lipinski definition) is 3. The maximum Gasteiger partial charge on any atom is 0.165 e. The Morgan fingerprint density at radius 2 is 2.11 bits per heavy atom. The highest BCUT2D eigenvalue weighted by Gasteiger charge is 2.27. The van der Waals surface area contributed by atoms with Gasteiger partial charge in [0.2, 0.25) is 0 Å². The third-order valence-corrected chi connectivity index (χ3v) is 3.95. The topological polar surface area (TPSA) is 30.5 Å². The van der Waals surface area contributed by atoms with Crippen LogP contribution >= 0.6 is 0 Å². The molecule has 1 atom stereocenters. The van der Waals surface area contributed by atoms with E-state index >= 15 is 0 Å². The summed E-state index contributed by atoms with van der Waals surface area (Å²) < 4.78 is 11.1. The summed E-state index contributed by atoms with van der Waals surface area (Å²) >= 11 is 0. The molecule has 3 heteroatoms. The van der Waals surface area contributed by atoms with Crippen LogP contribution in [0.5, 0.6) is 11.5 Å². The van der Waals surface area contributed by atoms with E-state index < -0.39 is 0 Å². The number of ether oxygens (including phenoxy) is 2. The quantitative estimate of drug-likeness (QED) is 0.883. The van der Waals surface area contributed by atoms with Crippen LogP contribution < -0.4 is 14.8 Å². The van der Waals surface area contributed by atoms with Crippen molar-refractivity contribution in [3.63, 3.8) is 0 Å². The smallest absolute Gasteiger partial charge is 0.165 e. The van der Waals surface area contributed by atoms with Crippen molar-refractivity contribution in [1.29, 1.82) is 0 Å².